The predicted octanol–water partition coefficient (Wildman–Crippen LogP) is 3.40. The summed E-state index contributed by atoms with van der Waals surface area (Å²) in [7, 11) is 3.76. The lowest BCUT2D eigenvalue weighted by atomic mass is 9.96. The summed E-state index contributed by atoms with van der Waals surface area (Å²) in [6.45, 7) is 3.56. The Labute approximate surface area is 176 Å². The minimum absolute atomic E-state index is 0.0253. The van der Waals surface area contributed by atoms with Gasteiger partial charge in [0.15, 0.2) is 5.78 Å². The number of fused-ring (bicyclic) bond motifs is 1. The fourth-order valence-corrected chi connectivity index (χ4v) is 4.07. The minimum Gasteiger partial charge on any atom is -0.497 e. The van der Waals surface area contributed by atoms with Crippen molar-refractivity contribution in [3.05, 3.63) is 59.2 Å². The molecular weight excluding hydrogens is 378 g/mol. The molecule has 0 atom stereocenters. The first-order valence-electron chi connectivity index (χ1n) is 10.3. The second-order valence-electron chi connectivity index (χ2n) is 7.97. The maximum Gasteiger partial charge on any atom is 0.258 e. The Morgan fingerprint density at radius 1 is 1.13 bits per heavy atom. The van der Waals surface area contributed by atoms with Crippen LogP contribution >= 0.6 is 0 Å². The molecule has 2 aliphatic rings. The number of hydrogen-bond acceptors (Lipinski definition) is 5. The van der Waals surface area contributed by atoms with Crippen molar-refractivity contribution in [2.75, 3.05) is 32.6 Å². The predicted molar refractivity (Wildman–Crippen MR) is 119 cm³/mol. The highest BCUT2D eigenvalue weighted by molar-refractivity contribution is 6.36. The number of anilines is 1. The van der Waals surface area contributed by atoms with Crippen LogP contribution in [0.25, 0.3) is 11.3 Å². The van der Waals surface area contributed by atoms with E-state index >= 15 is 0 Å². The average Bonchev–Trinajstić information content (AvgIpc) is 3.08. The van der Waals surface area contributed by atoms with E-state index in [1.165, 1.54) is 6.92 Å². The van der Waals surface area contributed by atoms with E-state index in [0.717, 1.165) is 54.2 Å². The number of rotatable bonds is 5. The zero-order valence-corrected chi connectivity index (χ0v) is 17.6. The molecule has 156 valence electrons. The van der Waals surface area contributed by atoms with Crippen LogP contribution in [0, 0.1) is 0 Å². The van der Waals surface area contributed by atoms with E-state index in [1.807, 2.05) is 24.3 Å². The maximum absolute atomic E-state index is 13.0. The van der Waals surface area contributed by atoms with Gasteiger partial charge >= 0.3 is 0 Å². The quantitative estimate of drug-likeness (QED) is 0.589. The Bertz CT molecular complexity index is 1020. The van der Waals surface area contributed by atoms with Crippen molar-refractivity contribution in [1.82, 2.24) is 10.2 Å². The number of nitrogens with one attached hydrogen (secondary N) is 2. The summed E-state index contributed by atoms with van der Waals surface area (Å²) >= 11 is 0. The van der Waals surface area contributed by atoms with Crippen molar-refractivity contribution in [3.8, 4) is 5.75 Å². The number of carbonyl (C=O) groups excluding carboxylic acids is 2. The van der Waals surface area contributed by atoms with Crippen LogP contribution in [0.5, 0.6) is 5.75 Å². The van der Waals surface area contributed by atoms with Crippen LogP contribution in [-0.2, 0) is 4.79 Å². The number of carbonyl (C=O) groups is 2. The first-order valence-corrected chi connectivity index (χ1v) is 10.3. The molecular formula is C24H27N3O3. The van der Waals surface area contributed by atoms with Gasteiger partial charge in [-0.3, -0.25) is 9.59 Å². The van der Waals surface area contributed by atoms with Crippen molar-refractivity contribution >= 4 is 28.6 Å². The first-order chi connectivity index (χ1) is 14.5. The molecule has 1 fully saturated rings. The lowest BCUT2D eigenvalue weighted by molar-refractivity contribution is -0.110. The molecule has 0 spiro atoms. The highest BCUT2D eigenvalue weighted by Crippen LogP contribution is 2.38. The van der Waals surface area contributed by atoms with Gasteiger partial charge in [-0.15, -0.1) is 0 Å². The van der Waals surface area contributed by atoms with Gasteiger partial charge in [0.1, 0.15) is 5.75 Å². The summed E-state index contributed by atoms with van der Waals surface area (Å²) in [4.78, 5) is 27.3. The van der Waals surface area contributed by atoms with Crippen LogP contribution < -0.4 is 15.4 Å². The second kappa shape index (κ2) is 8.32. The Kier molecular flexibility index (Phi) is 5.59. The third-order valence-corrected chi connectivity index (χ3v) is 5.85. The van der Waals surface area contributed by atoms with Gasteiger partial charge in [0.2, 0.25) is 0 Å². The van der Waals surface area contributed by atoms with Gasteiger partial charge in [-0.2, -0.15) is 0 Å². The van der Waals surface area contributed by atoms with Crippen molar-refractivity contribution in [1.29, 1.82) is 0 Å². The number of amides is 1. The molecule has 6 nitrogen and oxygen atoms in total. The number of Topliss-reactive ketones (excluding diaryl/α,β-unsaturated/α-hetero) is 1. The third kappa shape index (κ3) is 3.96. The molecule has 0 aliphatic carbocycles. The largest absolute Gasteiger partial charge is 0.497 e. The van der Waals surface area contributed by atoms with E-state index in [4.69, 9.17) is 4.74 Å². The highest BCUT2D eigenvalue weighted by atomic mass is 16.5. The smallest absolute Gasteiger partial charge is 0.258 e. The van der Waals surface area contributed by atoms with E-state index < -0.39 is 0 Å². The van der Waals surface area contributed by atoms with Crippen molar-refractivity contribution in [2.24, 2.45) is 0 Å². The minimum atomic E-state index is -0.163. The third-order valence-electron chi connectivity index (χ3n) is 5.85. The van der Waals surface area contributed by atoms with E-state index in [9.17, 15) is 9.59 Å². The Hall–Kier alpha value is -3.12. The Balaban J connectivity index is 1.84. The van der Waals surface area contributed by atoms with Gasteiger partial charge in [-0.05, 0) is 70.2 Å². The maximum atomic E-state index is 13.0. The molecule has 2 heterocycles. The topological polar surface area (TPSA) is 70.7 Å². The number of methoxy groups -OCH3 is 1. The zero-order valence-electron chi connectivity index (χ0n) is 17.6. The molecule has 0 radical (unpaired) electrons. The molecule has 0 unspecified atom stereocenters. The van der Waals surface area contributed by atoms with E-state index in [-0.39, 0.29) is 17.7 Å². The molecule has 0 bridgehead atoms. The number of nitrogens with zero attached hydrogens (tertiary/aromatic N) is 1. The van der Waals surface area contributed by atoms with Crippen molar-refractivity contribution in [2.45, 2.75) is 25.8 Å². The lowest BCUT2D eigenvalue weighted by Gasteiger charge is -2.31. The molecule has 6 heteroatoms. The standard InChI is InChI=1S/C24H27N3O3/c1-15(28)16-7-8-21-20(14-16)22(24(29)26-21)23(17-5-4-6-19(13-17)30-3)25-18-9-11-27(2)12-10-18/h4-8,13-14,18,25H,9-12H2,1-3H3,(H,26,29)/b23-22-. The molecule has 2 N–H and O–H groups in total. The Morgan fingerprint density at radius 3 is 2.60 bits per heavy atom. The number of benzene rings is 2. The van der Waals surface area contributed by atoms with Gasteiger partial charge in [0.25, 0.3) is 5.91 Å². The van der Waals surface area contributed by atoms with Crippen LogP contribution in [-0.4, -0.2) is 49.9 Å². The lowest BCUT2D eigenvalue weighted by Crippen LogP contribution is -2.40. The summed E-state index contributed by atoms with van der Waals surface area (Å²) in [5, 5.41) is 6.61. The highest BCUT2D eigenvalue weighted by Gasteiger charge is 2.30. The number of ether oxygens (including phenoxy) is 1. The number of likely N-dealkylation sites (tertiary alicyclic amines) is 1. The summed E-state index contributed by atoms with van der Waals surface area (Å²) in [5.41, 5.74) is 4.31. The molecule has 2 aromatic rings. The fourth-order valence-electron chi connectivity index (χ4n) is 4.07. The number of ketones is 1. The molecule has 1 amide bonds. The van der Waals surface area contributed by atoms with Crippen LogP contribution in [0.4, 0.5) is 5.69 Å². The van der Waals surface area contributed by atoms with Crippen LogP contribution in [0.2, 0.25) is 0 Å². The Morgan fingerprint density at radius 2 is 1.90 bits per heavy atom. The number of piperidine rings is 1. The zero-order chi connectivity index (χ0) is 21.3. The van der Waals surface area contributed by atoms with Gasteiger partial charge in [0.05, 0.1) is 18.4 Å². The average molecular weight is 405 g/mol. The summed E-state index contributed by atoms with van der Waals surface area (Å²) in [6.07, 6.45) is 2.00. The van der Waals surface area contributed by atoms with E-state index in [2.05, 4.69) is 22.6 Å². The molecule has 2 aliphatic heterocycles. The van der Waals surface area contributed by atoms with Gasteiger partial charge < -0.3 is 20.3 Å². The van der Waals surface area contributed by atoms with E-state index in [1.54, 1.807) is 25.3 Å². The molecule has 1 saturated heterocycles. The molecule has 30 heavy (non-hydrogen) atoms. The van der Waals surface area contributed by atoms with Crippen LogP contribution in [0.15, 0.2) is 42.5 Å². The molecule has 0 saturated carbocycles. The van der Waals surface area contributed by atoms with Gasteiger partial charge in [-0.25, -0.2) is 0 Å². The summed E-state index contributed by atoms with van der Waals surface area (Å²) in [5.74, 6) is 0.540. The summed E-state index contributed by atoms with van der Waals surface area (Å²) in [6, 6.07) is 13.3. The van der Waals surface area contributed by atoms with Gasteiger partial charge in [0, 0.05) is 28.4 Å². The van der Waals surface area contributed by atoms with Crippen molar-refractivity contribution in [3.63, 3.8) is 0 Å². The van der Waals surface area contributed by atoms with Gasteiger partial charge in [-0.1, -0.05) is 12.1 Å². The molecule has 0 aromatic heterocycles. The van der Waals surface area contributed by atoms with Crippen molar-refractivity contribution < 1.29 is 14.3 Å². The summed E-state index contributed by atoms with van der Waals surface area (Å²) < 4.78 is 5.42. The van der Waals surface area contributed by atoms with Crippen LogP contribution in [0.3, 0.4) is 0 Å². The normalized spacial score (nSPS) is 18.6. The second-order valence-corrected chi connectivity index (χ2v) is 7.97. The SMILES string of the molecule is COc1cccc(/C(NC2CCN(C)CC2)=C2/C(=O)Nc3ccc(C(C)=O)cc32)c1. The molecule has 4 rings (SSSR count). The monoisotopic (exact) mass is 405 g/mol. The number of hydrogen-bond donors (Lipinski definition) is 2. The first kappa shape index (κ1) is 20.2. The fraction of sp³-hybridized carbons (Fsp3) is 0.333. The molecule has 2 aromatic carbocycles. The van der Waals surface area contributed by atoms with E-state index in [0.29, 0.717) is 11.1 Å². The van der Waals surface area contributed by atoms with Crippen LogP contribution in [0.1, 0.15) is 41.3 Å².